The smallest absolute Gasteiger partial charge is 0.265 e. The molecule has 1 aromatic rings. The van der Waals surface area contributed by atoms with E-state index in [1.165, 1.54) is 0 Å². The minimum Gasteiger partial charge on any atom is -0.287 e. The molecule has 0 radical (unpaired) electrons. The number of benzene rings is 1. The lowest BCUT2D eigenvalue weighted by Gasteiger charge is -2.35. The highest BCUT2D eigenvalue weighted by molar-refractivity contribution is 5.93. The van der Waals surface area contributed by atoms with Gasteiger partial charge in [0.05, 0.1) is 0 Å². The fraction of sp³-hybridized carbons (Fsp3) is 0.438. The van der Waals surface area contributed by atoms with E-state index in [2.05, 4.69) is 45.1 Å². The molecule has 0 aliphatic carbocycles. The van der Waals surface area contributed by atoms with E-state index in [-0.39, 0.29) is 23.3 Å². The highest BCUT2D eigenvalue weighted by atomic mass is 16.2. The van der Waals surface area contributed by atoms with Crippen LogP contribution >= 0.6 is 0 Å². The molecule has 2 atom stereocenters. The van der Waals surface area contributed by atoms with Crippen LogP contribution in [0.1, 0.15) is 38.1 Å². The van der Waals surface area contributed by atoms with Crippen molar-refractivity contribution in [1.82, 2.24) is 10.9 Å². The van der Waals surface area contributed by atoms with Crippen LogP contribution in [0.25, 0.3) is 0 Å². The Morgan fingerprint density at radius 1 is 1.26 bits per heavy atom. The summed E-state index contributed by atoms with van der Waals surface area (Å²) in [5.41, 5.74) is 6.59. The summed E-state index contributed by atoms with van der Waals surface area (Å²) in [6.07, 6.45) is 1.90. The molecule has 1 amide bonds. The summed E-state index contributed by atoms with van der Waals surface area (Å²) in [5, 5.41) is 0. The second-order valence-corrected chi connectivity index (χ2v) is 5.90. The van der Waals surface area contributed by atoms with E-state index in [4.69, 9.17) is 0 Å². The van der Waals surface area contributed by atoms with Gasteiger partial charge in [0.2, 0.25) is 0 Å². The van der Waals surface area contributed by atoms with Crippen LogP contribution in [0, 0.1) is 11.3 Å². The molecule has 0 aliphatic heterocycles. The Morgan fingerprint density at radius 2 is 1.84 bits per heavy atom. The molecule has 19 heavy (non-hydrogen) atoms. The van der Waals surface area contributed by atoms with Gasteiger partial charge < -0.3 is 0 Å². The number of nitrogens with one attached hydrogen (secondary N) is 2. The fourth-order valence-corrected chi connectivity index (χ4v) is 2.08. The third kappa shape index (κ3) is 4.52. The highest BCUT2D eigenvalue weighted by Gasteiger charge is 2.28. The van der Waals surface area contributed by atoms with Gasteiger partial charge in [-0.15, -0.1) is 6.58 Å². The summed E-state index contributed by atoms with van der Waals surface area (Å²) >= 11 is 0. The molecule has 0 saturated carbocycles. The van der Waals surface area contributed by atoms with Crippen LogP contribution in [0.5, 0.6) is 0 Å². The van der Waals surface area contributed by atoms with E-state index in [0.717, 1.165) is 0 Å². The van der Waals surface area contributed by atoms with Gasteiger partial charge in [-0.25, -0.2) is 5.43 Å². The van der Waals surface area contributed by atoms with Gasteiger partial charge in [-0.3, -0.25) is 10.2 Å². The first-order valence-electron chi connectivity index (χ1n) is 6.59. The molecule has 2 N–H and O–H groups in total. The lowest BCUT2D eigenvalue weighted by molar-refractivity contribution is 0.0896. The van der Waals surface area contributed by atoms with Crippen molar-refractivity contribution in [1.29, 1.82) is 0 Å². The Kier molecular flexibility index (Phi) is 5.31. The summed E-state index contributed by atoms with van der Waals surface area (Å²) in [7, 11) is 0. The molecule has 0 unspecified atom stereocenters. The molecule has 0 saturated heterocycles. The van der Waals surface area contributed by atoms with Gasteiger partial charge in [0.25, 0.3) is 5.91 Å². The Bertz CT molecular complexity index is 420. The number of hydrazine groups is 1. The first kappa shape index (κ1) is 15.4. The van der Waals surface area contributed by atoms with E-state index in [0.29, 0.717) is 5.56 Å². The number of hydrogen-bond donors (Lipinski definition) is 2. The maximum Gasteiger partial charge on any atom is 0.265 e. The van der Waals surface area contributed by atoms with Crippen LogP contribution in [-0.2, 0) is 0 Å². The number of amides is 1. The summed E-state index contributed by atoms with van der Waals surface area (Å²) in [6.45, 7) is 12.3. The predicted octanol–water partition coefficient (Wildman–Crippen LogP) is 3.16. The van der Waals surface area contributed by atoms with Gasteiger partial charge in [0.15, 0.2) is 0 Å². The van der Waals surface area contributed by atoms with Gasteiger partial charge in [0.1, 0.15) is 0 Å². The van der Waals surface area contributed by atoms with Crippen molar-refractivity contribution in [3.05, 3.63) is 48.6 Å². The molecule has 0 fully saturated rings. The van der Waals surface area contributed by atoms with Crippen LogP contribution in [0.3, 0.4) is 0 Å². The summed E-state index contributed by atoms with van der Waals surface area (Å²) in [4.78, 5) is 12.0. The van der Waals surface area contributed by atoms with Crippen LogP contribution in [0.15, 0.2) is 43.0 Å². The van der Waals surface area contributed by atoms with Crippen molar-refractivity contribution >= 4 is 5.91 Å². The molecule has 1 rings (SSSR count). The molecule has 0 bridgehead atoms. The van der Waals surface area contributed by atoms with Gasteiger partial charge in [-0.1, -0.05) is 52.0 Å². The van der Waals surface area contributed by atoms with Crippen molar-refractivity contribution in [3.63, 3.8) is 0 Å². The summed E-state index contributed by atoms with van der Waals surface area (Å²) in [6, 6.07) is 9.30. The number of hydrogen-bond acceptors (Lipinski definition) is 2. The second-order valence-electron chi connectivity index (χ2n) is 5.90. The fourth-order valence-electron chi connectivity index (χ4n) is 2.08. The molecule has 0 aromatic heterocycles. The van der Waals surface area contributed by atoms with E-state index in [9.17, 15) is 4.79 Å². The van der Waals surface area contributed by atoms with Gasteiger partial charge >= 0.3 is 0 Å². The van der Waals surface area contributed by atoms with Crippen molar-refractivity contribution < 1.29 is 4.79 Å². The molecule has 3 nitrogen and oxygen atoms in total. The largest absolute Gasteiger partial charge is 0.287 e. The van der Waals surface area contributed by atoms with Crippen molar-refractivity contribution in [3.8, 4) is 0 Å². The first-order valence-corrected chi connectivity index (χ1v) is 6.59. The minimum absolute atomic E-state index is 0.0254. The highest BCUT2D eigenvalue weighted by Crippen LogP contribution is 2.25. The zero-order valence-electron chi connectivity index (χ0n) is 12.2. The molecule has 0 heterocycles. The Balaban J connectivity index is 2.67. The predicted molar refractivity (Wildman–Crippen MR) is 79.6 cm³/mol. The topological polar surface area (TPSA) is 41.1 Å². The van der Waals surface area contributed by atoms with Gasteiger partial charge in [0, 0.05) is 11.6 Å². The van der Waals surface area contributed by atoms with E-state index >= 15 is 0 Å². The maximum absolute atomic E-state index is 12.0. The molecule has 1 aromatic carbocycles. The second kappa shape index (κ2) is 6.53. The zero-order valence-corrected chi connectivity index (χ0v) is 12.2. The quantitative estimate of drug-likeness (QED) is 0.630. The standard InChI is InChI=1S/C16H24N2O/c1-6-12(2)14(16(3,4)5)17-18-15(19)13-10-8-7-9-11-13/h6-12,14,17H,1H2,2-5H3,(H,18,19)/t12-,14+/m0/s1. The number of carbonyl (C=O) groups excluding carboxylic acids is 1. The van der Waals surface area contributed by atoms with Gasteiger partial charge in [-0.2, -0.15) is 0 Å². The first-order chi connectivity index (χ1) is 8.86. The lowest BCUT2D eigenvalue weighted by atomic mass is 9.80. The summed E-state index contributed by atoms with van der Waals surface area (Å²) in [5.74, 6) is 0.141. The number of rotatable bonds is 5. The van der Waals surface area contributed by atoms with E-state index in [1.54, 1.807) is 12.1 Å². The van der Waals surface area contributed by atoms with Crippen molar-refractivity contribution in [2.45, 2.75) is 33.7 Å². The molecule has 0 aliphatic rings. The monoisotopic (exact) mass is 260 g/mol. The third-order valence-electron chi connectivity index (χ3n) is 3.21. The molecule has 3 heteroatoms. The zero-order chi connectivity index (χ0) is 14.5. The minimum atomic E-state index is -0.119. The van der Waals surface area contributed by atoms with Crippen LogP contribution in [0.4, 0.5) is 0 Å². The van der Waals surface area contributed by atoms with Crippen LogP contribution in [0.2, 0.25) is 0 Å². The normalized spacial score (nSPS) is 14.5. The van der Waals surface area contributed by atoms with Crippen molar-refractivity contribution in [2.24, 2.45) is 11.3 Å². The van der Waals surface area contributed by atoms with E-state index < -0.39 is 0 Å². The Hall–Kier alpha value is -1.61. The molecule has 104 valence electrons. The maximum atomic E-state index is 12.0. The molecule has 0 spiro atoms. The van der Waals surface area contributed by atoms with Crippen molar-refractivity contribution in [2.75, 3.05) is 0 Å². The average Bonchev–Trinajstić information content (AvgIpc) is 2.37. The van der Waals surface area contributed by atoms with Crippen LogP contribution < -0.4 is 10.9 Å². The van der Waals surface area contributed by atoms with Crippen LogP contribution in [-0.4, -0.2) is 11.9 Å². The lowest BCUT2D eigenvalue weighted by Crippen LogP contribution is -2.52. The third-order valence-corrected chi connectivity index (χ3v) is 3.21. The summed E-state index contributed by atoms with van der Waals surface area (Å²) < 4.78 is 0. The van der Waals surface area contributed by atoms with Gasteiger partial charge in [-0.05, 0) is 23.5 Å². The number of carbonyl (C=O) groups is 1. The molecular formula is C16H24N2O. The van der Waals surface area contributed by atoms with E-state index in [1.807, 2.05) is 24.3 Å². The Morgan fingerprint density at radius 3 is 2.32 bits per heavy atom. The SMILES string of the molecule is C=C[C@H](C)[C@@H](NNC(=O)c1ccccc1)C(C)(C)C. The Labute approximate surface area is 116 Å². The average molecular weight is 260 g/mol. The molecular weight excluding hydrogens is 236 g/mol.